The number of carbonyl (C=O) groups is 3. The van der Waals surface area contributed by atoms with Crippen LogP contribution < -0.4 is 47.9 Å². The van der Waals surface area contributed by atoms with E-state index in [4.69, 9.17) is 40.5 Å². The van der Waals surface area contributed by atoms with E-state index in [1.807, 2.05) is 145 Å². The van der Waals surface area contributed by atoms with Gasteiger partial charge < -0.3 is 86.2 Å². The summed E-state index contributed by atoms with van der Waals surface area (Å²) in [5.41, 5.74) is 9.40. The molecular weight excluding hydrogens is 1890 g/mol. The molecule has 16 atom stereocenters. The summed E-state index contributed by atoms with van der Waals surface area (Å²) in [6, 6.07) is 55.9. The fourth-order valence-electron chi connectivity index (χ4n) is 19.8. The molecule has 0 saturated carbocycles. The first-order valence-corrected chi connectivity index (χ1v) is 48.7. The monoisotopic (exact) mass is 2010 g/mol. The molecule has 9 aliphatic heterocycles. The van der Waals surface area contributed by atoms with Gasteiger partial charge in [-0.15, -0.1) is 0 Å². The standard InChI is InChI=1S/C31H41BrFN3O3.C25H32BrFN4O2.C25H32ClFN4O2.C20H18BrFN2O.CH4/c1-31(2,3)39-30(37)36-15-12-20(13-16-36)11-14-34-19-23-9-10-24-27(21-7-5-4-6-8-21)35-28-25(29(24)38-23)17-22(32)18-26(28)33;2*1-31(2)12-6-11-28-25(32)29-15-18-9-10-19-22(16-7-4-3-5-8-16)30-23-20(24(19)33-18)13-17(26)14-21(23)27;21-13-10-16-19(17(22)11-13)24-18(12-4-2-1-3-5-12)15-7-6-14(8-9-23)25-20(15)16;/h4-8,17-18,20,23-24,27,29,34-35H,9-16,19H2,1-3H3;2*3-5,7-8,13-14,18-19,22,24,30H,6,9-12,15H2,1-2H3,(H2,28,29,32);1-5,10-11,14-15,18,20,24H,6-8H2;1H4/t23-,24+,27+,29+;2*18-,19+,22+,24+;14-,15+,18+,20+;/m1111./s1. The fourth-order valence-corrected chi connectivity index (χ4v) is 21.4. The summed E-state index contributed by atoms with van der Waals surface area (Å²) in [6.45, 7) is 12.9. The largest absolute Gasteiger partial charge is 0.444 e. The van der Waals surface area contributed by atoms with Crippen molar-refractivity contribution in [1.82, 2.24) is 41.3 Å². The van der Waals surface area contributed by atoms with Crippen LogP contribution in [0.15, 0.2) is 183 Å². The molecule has 0 bridgehead atoms. The Kier molecular flexibility index (Phi) is 35.9. The van der Waals surface area contributed by atoms with Gasteiger partial charge in [0.2, 0.25) is 0 Å². The number of piperidine rings is 1. The second-order valence-electron chi connectivity index (χ2n) is 37.1. The SMILES string of the molecule is C.CC(C)(C)OC(=O)N1CCC(CCNC[C@H]2CC[C@@H]3[C@H](O2)c2cc(Br)cc(F)c2N[C@H]3c2ccccc2)CC1.CN(C)CCCNC(=O)NC[C@H]1CC[C@@H]2[C@H](O1)c1cc(Br)cc(F)c1N[C@H]2c1ccccc1.CN(C)CCCNC(=O)NC[C@H]1CC[C@@H]2[C@H](O1)c1cc(Cl)cc(F)c1N[C@H]2c1ccccc1.N#CC[C@H]1CC[C@@H]2[C@H](O1)c1cc(Br)cc(F)c1N[C@H]2c1ccccc1. The minimum atomic E-state index is -0.456. The van der Waals surface area contributed by atoms with E-state index >= 15 is 4.39 Å². The smallest absolute Gasteiger partial charge is 0.410 e. The number of carbonyl (C=O) groups excluding carboxylic acids is 3. The molecule has 9 heterocycles. The Balaban J connectivity index is 0.000000150. The quantitative estimate of drug-likeness (QED) is 0.0226. The lowest BCUT2D eigenvalue weighted by Crippen LogP contribution is -2.45. The number of halogens is 8. The highest BCUT2D eigenvalue weighted by molar-refractivity contribution is 9.11. The molecule has 0 spiro atoms. The second-order valence-corrected chi connectivity index (χ2v) is 40.3. The lowest BCUT2D eigenvalue weighted by Gasteiger charge is -2.46. The first-order chi connectivity index (χ1) is 62.7. The molecule has 9 aliphatic rings. The third-order valence-corrected chi connectivity index (χ3v) is 27.7. The number of nitrogens with zero attached hydrogens (tertiary/aromatic N) is 4. The number of hydrogen-bond donors (Lipinski definition) is 9. The highest BCUT2D eigenvalue weighted by Gasteiger charge is 2.49. The van der Waals surface area contributed by atoms with Crippen molar-refractivity contribution in [2.24, 2.45) is 29.6 Å². The van der Waals surface area contributed by atoms with Gasteiger partial charge in [0.15, 0.2) is 0 Å². The van der Waals surface area contributed by atoms with Crippen LogP contribution in [0.5, 0.6) is 0 Å². The van der Waals surface area contributed by atoms with Gasteiger partial charge in [-0.2, -0.15) is 5.26 Å². The number of urea groups is 2. The van der Waals surface area contributed by atoms with Gasteiger partial charge in [0.05, 0.1) is 108 Å². The van der Waals surface area contributed by atoms with Gasteiger partial charge >= 0.3 is 18.2 Å². The van der Waals surface area contributed by atoms with Crippen LogP contribution in [-0.2, 0) is 23.7 Å². The van der Waals surface area contributed by atoms with E-state index in [9.17, 15) is 27.6 Å². The predicted molar refractivity (Wildman–Crippen MR) is 520 cm³/mol. The Morgan fingerprint density at radius 3 is 1.14 bits per heavy atom. The van der Waals surface area contributed by atoms with E-state index in [1.165, 1.54) is 29.8 Å². The van der Waals surface area contributed by atoms with Crippen LogP contribution >= 0.6 is 59.4 Å². The molecule has 5 amide bonds. The van der Waals surface area contributed by atoms with Crippen LogP contribution in [0, 0.1) is 64.2 Å². The van der Waals surface area contributed by atoms with Crippen molar-refractivity contribution in [3.05, 3.63) is 256 Å². The third-order valence-electron chi connectivity index (χ3n) is 26.1. The zero-order valence-electron chi connectivity index (χ0n) is 75.0. The van der Waals surface area contributed by atoms with Gasteiger partial charge in [-0.25, -0.2) is 31.9 Å². The van der Waals surface area contributed by atoms with Gasteiger partial charge in [-0.1, -0.05) is 188 Å². The molecule has 0 aromatic heterocycles. The fraction of sp³-hybridized carbons (Fsp3) is 0.490. The maximum Gasteiger partial charge on any atom is 0.410 e. The summed E-state index contributed by atoms with van der Waals surface area (Å²) in [5.74, 6) is 0.154. The van der Waals surface area contributed by atoms with Gasteiger partial charge in [0, 0.05) is 110 Å². The average molecular weight is 2010 g/mol. The zero-order chi connectivity index (χ0) is 91.7. The number of nitrogens with one attached hydrogen (secondary N) is 9. The van der Waals surface area contributed by atoms with E-state index in [1.54, 1.807) is 6.07 Å². The van der Waals surface area contributed by atoms with Crippen molar-refractivity contribution in [1.29, 1.82) is 5.26 Å². The number of nitriles is 1. The van der Waals surface area contributed by atoms with Crippen molar-refractivity contribution in [3.8, 4) is 6.07 Å². The number of fused-ring (bicyclic) bond motifs is 12. The van der Waals surface area contributed by atoms with E-state index < -0.39 is 5.60 Å². The molecule has 131 heavy (non-hydrogen) atoms. The third kappa shape index (κ3) is 26.3. The van der Waals surface area contributed by atoms with Gasteiger partial charge in [-0.05, 0) is 229 Å². The first-order valence-electron chi connectivity index (χ1n) is 45.9. The van der Waals surface area contributed by atoms with E-state index in [2.05, 4.69) is 160 Å². The minimum Gasteiger partial charge on any atom is -0.444 e. The molecule has 9 N–H and O–H groups in total. The average Bonchev–Trinajstić information content (AvgIpc) is 0.765. The molecule has 704 valence electrons. The van der Waals surface area contributed by atoms with Crippen molar-refractivity contribution >= 4 is 100 Å². The van der Waals surface area contributed by atoms with Crippen molar-refractivity contribution < 1.29 is 55.6 Å². The molecule has 5 saturated heterocycles. The first kappa shape index (κ1) is 99.9. The summed E-state index contributed by atoms with van der Waals surface area (Å²) in [4.78, 5) is 42.7. The van der Waals surface area contributed by atoms with Gasteiger partial charge in [-0.3, -0.25) is 0 Å². The molecular formula is C102H127Br3ClF4N13O8. The Hall–Kier alpha value is -8.57. The molecule has 17 rings (SSSR count). The number of anilines is 4. The normalized spacial score (nSPS) is 24.9. The second kappa shape index (κ2) is 47.1. The highest BCUT2D eigenvalue weighted by atomic mass is 79.9. The van der Waals surface area contributed by atoms with Crippen LogP contribution in [0.3, 0.4) is 0 Å². The molecule has 0 unspecified atom stereocenters. The van der Waals surface area contributed by atoms with E-state index in [0.29, 0.717) is 75.2 Å². The Labute approximate surface area is 800 Å². The minimum absolute atomic E-state index is 0. The van der Waals surface area contributed by atoms with Gasteiger partial charge in [0.25, 0.3) is 0 Å². The van der Waals surface area contributed by atoms with Crippen LogP contribution in [0.1, 0.15) is 211 Å². The van der Waals surface area contributed by atoms with Gasteiger partial charge in [0.1, 0.15) is 28.9 Å². The summed E-state index contributed by atoms with van der Waals surface area (Å²) in [6.07, 6.45) is 11.1. The molecule has 0 aliphatic carbocycles. The molecule has 8 aromatic rings. The van der Waals surface area contributed by atoms with Crippen LogP contribution in [0.2, 0.25) is 5.02 Å². The number of hydrogen-bond acceptors (Lipinski definition) is 16. The van der Waals surface area contributed by atoms with E-state index in [0.717, 1.165) is 166 Å². The number of likely N-dealkylation sites (tertiary alicyclic amines) is 1. The molecule has 5 fully saturated rings. The Morgan fingerprint density at radius 2 is 0.794 bits per heavy atom. The summed E-state index contributed by atoms with van der Waals surface area (Å²) < 4.78 is 93.0. The van der Waals surface area contributed by atoms with E-state index in [-0.39, 0.29) is 146 Å². The maximum atomic E-state index is 15.1. The van der Waals surface area contributed by atoms with Crippen LogP contribution in [0.25, 0.3) is 0 Å². The summed E-state index contributed by atoms with van der Waals surface area (Å²) in [5, 5.41) is 38.4. The topological polar surface area (TPSA) is 239 Å². The Bertz CT molecular complexity index is 4970. The lowest BCUT2D eigenvalue weighted by atomic mass is 9.76. The molecule has 8 aromatic carbocycles. The highest BCUT2D eigenvalue weighted by Crippen LogP contribution is 2.57. The number of amides is 5. The molecule has 21 nitrogen and oxygen atoms in total. The van der Waals surface area contributed by atoms with Crippen LogP contribution in [-0.4, -0.2) is 157 Å². The zero-order valence-corrected chi connectivity index (χ0v) is 80.5. The predicted octanol–water partition coefficient (Wildman–Crippen LogP) is 22.9. The lowest BCUT2D eigenvalue weighted by molar-refractivity contribution is -0.0918. The molecule has 0 radical (unpaired) electrons. The van der Waals surface area contributed by atoms with Crippen molar-refractivity contribution in [3.63, 3.8) is 0 Å². The summed E-state index contributed by atoms with van der Waals surface area (Å²) in [7, 11) is 8.04. The Morgan fingerprint density at radius 1 is 0.466 bits per heavy atom. The molecule has 29 heteroatoms. The number of ether oxygens (including phenoxy) is 5. The van der Waals surface area contributed by atoms with Crippen molar-refractivity contribution in [2.45, 2.75) is 197 Å². The summed E-state index contributed by atoms with van der Waals surface area (Å²) >= 11 is 16.5. The number of rotatable bonds is 22. The number of benzene rings is 8. The van der Waals surface area contributed by atoms with Crippen LogP contribution in [0.4, 0.5) is 54.7 Å². The van der Waals surface area contributed by atoms with Crippen molar-refractivity contribution in [2.75, 3.05) is 115 Å². The maximum absolute atomic E-state index is 15.1.